The molecule has 0 spiro atoms. The second-order valence-electron chi connectivity index (χ2n) is 6.87. The van der Waals surface area contributed by atoms with Gasteiger partial charge in [0.25, 0.3) is 0 Å². The summed E-state index contributed by atoms with van der Waals surface area (Å²) in [7, 11) is 0. The van der Waals surface area contributed by atoms with E-state index in [1.54, 1.807) is 18.4 Å². The number of fused-ring (bicyclic) bond motifs is 1. The fourth-order valence-corrected chi connectivity index (χ4v) is 4.32. The summed E-state index contributed by atoms with van der Waals surface area (Å²) in [5.74, 6) is 0.182. The third-order valence-corrected chi connectivity index (χ3v) is 5.65. The molecule has 0 radical (unpaired) electrons. The van der Waals surface area contributed by atoms with E-state index in [9.17, 15) is 9.90 Å². The van der Waals surface area contributed by atoms with Gasteiger partial charge in [0.2, 0.25) is 5.89 Å². The molecule has 2 aromatic rings. The molecule has 5 nitrogen and oxygen atoms in total. The Morgan fingerprint density at radius 2 is 2.21 bits per heavy atom. The number of benzene rings is 1. The van der Waals surface area contributed by atoms with Crippen molar-refractivity contribution in [1.29, 1.82) is 0 Å². The second kappa shape index (κ2) is 5.90. The molecule has 24 heavy (non-hydrogen) atoms. The highest BCUT2D eigenvalue weighted by molar-refractivity contribution is 6.30. The summed E-state index contributed by atoms with van der Waals surface area (Å²) in [5, 5.41) is 10.3. The van der Waals surface area contributed by atoms with E-state index in [-0.39, 0.29) is 5.92 Å². The summed E-state index contributed by atoms with van der Waals surface area (Å²) < 4.78 is 5.57. The molecule has 2 atom stereocenters. The van der Waals surface area contributed by atoms with Crippen LogP contribution >= 0.6 is 11.6 Å². The Balaban J connectivity index is 1.47. The summed E-state index contributed by atoms with van der Waals surface area (Å²) in [6.07, 6.45) is 4.48. The van der Waals surface area contributed by atoms with Gasteiger partial charge in [0.1, 0.15) is 6.26 Å². The normalized spacial score (nSPS) is 26.6. The molecule has 2 aliphatic rings. The molecular weight excluding hydrogens is 328 g/mol. The first-order chi connectivity index (χ1) is 11.6. The highest BCUT2D eigenvalue weighted by Gasteiger charge is 2.54. The van der Waals surface area contributed by atoms with Crippen molar-refractivity contribution >= 4 is 17.6 Å². The number of carbonyl (C=O) groups is 1. The lowest BCUT2D eigenvalue weighted by molar-refractivity contribution is -0.149. The van der Waals surface area contributed by atoms with Crippen LogP contribution in [-0.2, 0) is 11.3 Å². The maximum absolute atomic E-state index is 11.7. The van der Waals surface area contributed by atoms with Gasteiger partial charge < -0.3 is 9.52 Å². The lowest BCUT2D eigenvalue weighted by atomic mass is 9.81. The van der Waals surface area contributed by atoms with Gasteiger partial charge in [-0.1, -0.05) is 18.0 Å². The zero-order valence-electron chi connectivity index (χ0n) is 13.2. The summed E-state index contributed by atoms with van der Waals surface area (Å²) >= 11 is 5.90. The minimum atomic E-state index is -0.644. The molecule has 1 saturated carbocycles. The number of hydrogen-bond acceptors (Lipinski definition) is 4. The predicted octanol–water partition coefficient (Wildman–Crippen LogP) is 3.68. The largest absolute Gasteiger partial charge is 0.481 e. The quantitative estimate of drug-likeness (QED) is 0.914. The standard InChI is InChI=1S/C18H19ClN2O3/c19-14-5-3-12(4-6-14)16-20-15(10-24-16)9-21-8-13-2-1-7-18(13,11-21)17(22)23/h3-6,10,13H,1-2,7-9,11H2,(H,22,23)/t13-,18+/m0/s1. The van der Waals surface area contributed by atoms with Gasteiger partial charge in [-0.3, -0.25) is 9.69 Å². The number of carboxylic acids is 1. The maximum Gasteiger partial charge on any atom is 0.311 e. The Hall–Kier alpha value is -1.85. The minimum absolute atomic E-state index is 0.262. The Labute approximate surface area is 145 Å². The molecule has 2 heterocycles. The fourth-order valence-electron chi connectivity index (χ4n) is 4.20. The molecule has 1 aromatic carbocycles. The third-order valence-electron chi connectivity index (χ3n) is 5.40. The number of nitrogens with zero attached hydrogens (tertiary/aromatic N) is 2. The SMILES string of the molecule is O=C(O)[C@@]12CCC[C@H]1CN(Cc1coc(-c3ccc(Cl)cc3)n1)C2. The molecule has 0 amide bonds. The number of rotatable bonds is 4. The number of hydrogen-bond donors (Lipinski definition) is 1. The first kappa shape index (κ1) is 15.7. The molecular formula is C18H19ClN2O3. The molecule has 1 N–H and O–H groups in total. The monoisotopic (exact) mass is 346 g/mol. The number of aromatic nitrogens is 1. The van der Waals surface area contributed by atoms with Gasteiger partial charge in [-0.15, -0.1) is 0 Å². The number of oxazole rings is 1. The van der Waals surface area contributed by atoms with Gasteiger partial charge in [-0.2, -0.15) is 0 Å². The Kier molecular flexibility index (Phi) is 3.85. The fraction of sp³-hybridized carbons (Fsp3) is 0.444. The van der Waals surface area contributed by atoms with Crippen LogP contribution in [0.25, 0.3) is 11.5 Å². The lowest BCUT2D eigenvalue weighted by Gasteiger charge is -2.23. The van der Waals surface area contributed by atoms with Gasteiger partial charge in [-0.05, 0) is 43.0 Å². The first-order valence-corrected chi connectivity index (χ1v) is 8.61. The van der Waals surface area contributed by atoms with Crippen LogP contribution in [0.15, 0.2) is 34.9 Å². The number of aliphatic carboxylic acids is 1. The molecule has 6 heteroatoms. The molecule has 1 aliphatic heterocycles. The molecule has 2 fully saturated rings. The van der Waals surface area contributed by atoms with Gasteiger partial charge in [0, 0.05) is 30.2 Å². The minimum Gasteiger partial charge on any atom is -0.481 e. The van der Waals surface area contributed by atoms with Crippen molar-refractivity contribution in [3.8, 4) is 11.5 Å². The van der Waals surface area contributed by atoms with Crippen molar-refractivity contribution < 1.29 is 14.3 Å². The number of carboxylic acid groups (broad SMARTS) is 1. The van der Waals surface area contributed by atoms with Crippen molar-refractivity contribution in [3.05, 3.63) is 41.2 Å². The van der Waals surface area contributed by atoms with Crippen LogP contribution in [-0.4, -0.2) is 34.0 Å². The van der Waals surface area contributed by atoms with Crippen LogP contribution in [0.2, 0.25) is 5.02 Å². The molecule has 0 unspecified atom stereocenters. The van der Waals surface area contributed by atoms with Gasteiger partial charge in [-0.25, -0.2) is 4.98 Å². The zero-order chi connectivity index (χ0) is 16.7. The average molecular weight is 347 g/mol. The predicted molar refractivity (Wildman–Crippen MR) is 89.6 cm³/mol. The van der Waals surface area contributed by atoms with Crippen molar-refractivity contribution in [2.45, 2.75) is 25.8 Å². The molecule has 1 aliphatic carbocycles. The molecule has 1 aromatic heterocycles. The van der Waals surface area contributed by atoms with Crippen LogP contribution in [0.1, 0.15) is 25.0 Å². The number of likely N-dealkylation sites (tertiary alicyclic amines) is 1. The van der Waals surface area contributed by atoms with Crippen LogP contribution < -0.4 is 0 Å². The van der Waals surface area contributed by atoms with Crippen molar-refractivity contribution in [3.63, 3.8) is 0 Å². The molecule has 4 rings (SSSR count). The van der Waals surface area contributed by atoms with E-state index in [1.165, 1.54) is 0 Å². The molecule has 126 valence electrons. The highest BCUT2D eigenvalue weighted by atomic mass is 35.5. The van der Waals surface area contributed by atoms with E-state index in [0.717, 1.165) is 37.1 Å². The maximum atomic E-state index is 11.7. The first-order valence-electron chi connectivity index (χ1n) is 8.23. The van der Waals surface area contributed by atoms with Crippen molar-refractivity contribution in [2.24, 2.45) is 11.3 Å². The van der Waals surface area contributed by atoms with E-state index in [2.05, 4.69) is 9.88 Å². The van der Waals surface area contributed by atoms with Crippen molar-refractivity contribution in [2.75, 3.05) is 13.1 Å². The Bertz CT molecular complexity index is 758. The van der Waals surface area contributed by atoms with Crippen LogP contribution in [0.4, 0.5) is 0 Å². The molecule has 1 saturated heterocycles. The zero-order valence-corrected chi connectivity index (χ0v) is 14.0. The summed E-state index contributed by atoms with van der Waals surface area (Å²) in [4.78, 5) is 18.5. The van der Waals surface area contributed by atoms with E-state index >= 15 is 0 Å². The van der Waals surface area contributed by atoms with Crippen LogP contribution in [0.5, 0.6) is 0 Å². The van der Waals surface area contributed by atoms with Gasteiger partial charge >= 0.3 is 5.97 Å². The van der Waals surface area contributed by atoms with Crippen LogP contribution in [0, 0.1) is 11.3 Å². The van der Waals surface area contributed by atoms with E-state index in [4.69, 9.17) is 16.0 Å². The Morgan fingerprint density at radius 1 is 1.42 bits per heavy atom. The van der Waals surface area contributed by atoms with Crippen molar-refractivity contribution in [1.82, 2.24) is 9.88 Å². The van der Waals surface area contributed by atoms with E-state index in [1.807, 2.05) is 12.1 Å². The van der Waals surface area contributed by atoms with E-state index in [0.29, 0.717) is 24.0 Å². The topological polar surface area (TPSA) is 66.6 Å². The summed E-state index contributed by atoms with van der Waals surface area (Å²) in [6, 6.07) is 7.35. The van der Waals surface area contributed by atoms with E-state index < -0.39 is 11.4 Å². The average Bonchev–Trinajstić information content (AvgIpc) is 3.22. The lowest BCUT2D eigenvalue weighted by Crippen LogP contribution is -2.35. The van der Waals surface area contributed by atoms with Crippen LogP contribution in [0.3, 0.4) is 0 Å². The summed E-state index contributed by atoms with van der Waals surface area (Å²) in [6.45, 7) is 2.06. The highest BCUT2D eigenvalue weighted by Crippen LogP contribution is 2.49. The smallest absolute Gasteiger partial charge is 0.311 e. The van der Waals surface area contributed by atoms with Gasteiger partial charge in [0.05, 0.1) is 11.1 Å². The van der Waals surface area contributed by atoms with Gasteiger partial charge in [0.15, 0.2) is 0 Å². The third kappa shape index (κ3) is 2.62. The summed E-state index contributed by atoms with van der Waals surface area (Å²) in [5.41, 5.74) is 1.16. The molecule has 0 bridgehead atoms. The Morgan fingerprint density at radius 3 is 2.92 bits per heavy atom. The number of halogens is 1. The second-order valence-corrected chi connectivity index (χ2v) is 7.31.